The van der Waals surface area contributed by atoms with E-state index in [4.69, 9.17) is 14.2 Å². The van der Waals surface area contributed by atoms with Gasteiger partial charge in [0.05, 0.1) is 16.0 Å². The first-order valence-corrected chi connectivity index (χ1v) is 11.7. The van der Waals surface area contributed by atoms with E-state index in [1.165, 1.54) is 24.3 Å². The molecule has 1 aliphatic heterocycles. The Hall–Kier alpha value is -4.05. The van der Waals surface area contributed by atoms with E-state index in [2.05, 4.69) is 20.9 Å². The molecule has 0 unspecified atom stereocenters. The molecular weight excluding hydrogens is 535 g/mol. The van der Waals surface area contributed by atoms with E-state index in [9.17, 15) is 19.3 Å². The van der Waals surface area contributed by atoms with E-state index >= 15 is 0 Å². The molecule has 1 heterocycles. The Morgan fingerprint density at radius 2 is 1.97 bits per heavy atom. The molecule has 3 aromatic carbocycles. The van der Waals surface area contributed by atoms with Crippen LogP contribution in [0.4, 0.5) is 10.1 Å². The fourth-order valence-corrected chi connectivity index (χ4v) is 4.06. The van der Waals surface area contributed by atoms with Crippen LogP contribution < -0.4 is 9.47 Å². The lowest BCUT2D eigenvalue weighted by molar-refractivity contribution is -0.385. The van der Waals surface area contributed by atoms with E-state index in [1.54, 1.807) is 43.3 Å². The standard InChI is InChI=1S/C26H20BrFN2O6/c1-3-34-23-12-17(10-20(27)24(23)35-14-16-5-4-6-19(28)9-16)11-21-26(31)36-25(29-21)18-8-7-15(2)22(13-18)30(32)33/h4-13H,3,14H2,1-2H3/b21-11-. The van der Waals surface area contributed by atoms with Gasteiger partial charge < -0.3 is 14.2 Å². The summed E-state index contributed by atoms with van der Waals surface area (Å²) in [5.74, 6) is -0.221. The van der Waals surface area contributed by atoms with Crippen molar-refractivity contribution in [3.63, 3.8) is 0 Å². The molecule has 4 rings (SSSR count). The van der Waals surface area contributed by atoms with Crippen LogP contribution in [-0.2, 0) is 16.1 Å². The fourth-order valence-electron chi connectivity index (χ4n) is 3.49. The Morgan fingerprint density at radius 3 is 2.69 bits per heavy atom. The molecule has 0 fully saturated rings. The second-order valence-corrected chi connectivity index (χ2v) is 8.63. The Labute approximate surface area is 214 Å². The number of ether oxygens (including phenoxy) is 3. The highest BCUT2D eigenvalue weighted by molar-refractivity contribution is 9.10. The number of nitrogens with zero attached hydrogens (tertiary/aromatic N) is 2. The summed E-state index contributed by atoms with van der Waals surface area (Å²) in [6.07, 6.45) is 1.52. The predicted molar refractivity (Wildman–Crippen MR) is 134 cm³/mol. The van der Waals surface area contributed by atoms with Crippen molar-refractivity contribution >= 4 is 39.6 Å². The number of carbonyl (C=O) groups is 1. The van der Waals surface area contributed by atoms with Crippen molar-refractivity contribution in [1.82, 2.24) is 0 Å². The second kappa shape index (κ2) is 10.7. The van der Waals surface area contributed by atoms with Crippen molar-refractivity contribution in [2.75, 3.05) is 6.61 Å². The van der Waals surface area contributed by atoms with E-state index in [-0.39, 0.29) is 29.7 Å². The maximum atomic E-state index is 13.5. The highest BCUT2D eigenvalue weighted by Gasteiger charge is 2.26. The normalized spacial score (nSPS) is 13.9. The van der Waals surface area contributed by atoms with Crippen LogP contribution in [0.5, 0.6) is 11.5 Å². The van der Waals surface area contributed by atoms with Crippen LogP contribution in [0.3, 0.4) is 0 Å². The molecule has 0 aliphatic carbocycles. The number of halogens is 2. The summed E-state index contributed by atoms with van der Waals surface area (Å²) in [5, 5.41) is 11.2. The average molecular weight is 555 g/mol. The molecule has 0 radical (unpaired) electrons. The van der Waals surface area contributed by atoms with E-state index in [0.717, 1.165) is 0 Å². The van der Waals surface area contributed by atoms with Crippen molar-refractivity contribution in [2.45, 2.75) is 20.5 Å². The number of nitro benzene ring substituents is 1. The zero-order valence-corrected chi connectivity index (χ0v) is 20.9. The molecule has 8 nitrogen and oxygen atoms in total. The minimum absolute atomic E-state index is 0.0199. The van der Waals surface area contributed by atoms with Gasteiger partial charge in [-0.15, -0.1) is 0 Å². The smallest absolute Gasteiger partial charge is 0.363 e. The Kier molecular flexibility index (Phi) is 7.44. The fraction of sp³-hybridized carbons (Fsp3) is 0.154. The number of cyclic esters (lactones) is 1. The number of hydrogen-bond donors (Lipinski definition) is 0. The molecule has 0 saturated carbocycles. The van der Waals surface area contributed by atoms with Gasteiger partial charge in [0.15, 0.2) is 17.2 Å². The summed E-state index contributed by atoms with van der Waals surface area (Å²) in [7, 11) is 0. The minimum Gasteiger partial charge on any atom is -0.490 e. The Bertz CT molecular complexity index is 1420. The second-order valence-electron chi connectivity index (χ2n) is 7.78. The van der Waals surface area contributed by atoms with Crippen LogP contribution in [0.1, 0.15) is 29.2 Å². The molecule has 3 aromatic rings. The largest absolute Gasteiger partial charge is 0.490 e. The lowest BCUT2D eigenvalue weighted by atomic mass is 10.1. The third-order valence-corrected chi connectivity index (χ3v) is 5.77. The van der Waals surface area contributed by atoms with Crippen LogP contribution in [0.2, 0.25) is 0 Å². The van der Waals surface area contributed by atoms with E-state index < -0.39 is 10.9 Å². The maximum Gasteiger partial charge on any atom is 0.363 e. The molecule has 10 heteroatoms. The lowest BCUT2D eigenvalue weighted by Crippen LogP contribution is -2.06. The molecule has 0 aromatic heterocycles. The van der Waals surface area contributed by atoms with Gasteiger partial charge in [0.25, 0.3) is 5.69 Å². The third kappa shape index (κ3) is 5.60. The monoisotopic (exact) mass is 554 g/mol. The number of benzene rings is 3. The van der Waals surface area contributed by atoms with E-state index in [1.807, 2.05) is 6.92 Å². The minimum atomic E-state index is -0.686. The van der Waals surface area contributed by atoms with Gasteiger partial charge >= 0.3 is 5.97 Å². The lowest BCUT2D eigenvalue weighted by Gasteiger charge is -2.15. The van der Waals surface area contributed by atoms with Gasteiger partial charge in [-0.25, -0.2) is 14.2 Å². The molecule has 0 bridgehead atoms. The van der Waals surface area contributed by atoms with Crippen molar-refractivity contribution in [1.29, 1.82) is 0 Å². The zero-order chi connectivity index (χ0) is 25.8. The quantitative estimate of drug-likeness (QED) is 0.144. The Morgan fingerprint density at radius 1 is 1.17 bits per heavy atom. The van der Waals surface area contributed by atoms with Gasteiger partial charge in [-0.1, -0.05) is 18.2 Å². The van der Waals surface area contributed by atoms with Crippen LogP contribution in [0.15, 0.2) is 69.8 Å². The summed E-state index contributed by atoms with van der Waals surface area (Å²) in [5.41, 5.74) is 1.97. The van der Waals surface area contributed by atoms with Crippen LogP contribution in [-0.4, -0.2) is 23.4 Å². The van der Waals surface area contributed by atoms with Gasteiger partial charge in [-0.05, 0) is 77.3 Å². The maximum absolute atomic E-state index is 13.5. The van der Waals surface area contributed by atoms with Crippen LogP contribution in [0.25, 0.3) is 6.08 Å². The first-order chi connectivity index (χ1) is 17.2. The first kappa shape index (κ1) is 25.1. The number of rotatable bonds is 8. The molecule has 36 heavy (non-hydrogen) atoms. The average Bonchev–Trinajstić information content (AvgIpc) is 3.19. The highest BCUT2D eigenvalue weighted by atomic mass is 79.9. The topological polar surface area (TPSA) is 100 Å². The van der Waals surface area contributed by atoms with Gasteiger partial charge in [0, 0.05) is 17.2 Å². The van der Waals surface area contributed by atoms with Gasteiger partial charge in [0.1, 0.15) is 12.4 Å². The summed E-state index contributed by atoms with van der Waals surface area (Å²) in [6.45, 7) is 3.93. The van der Waals surface area contributed by atoms with Crippen molar-refractivity contribution in [3.8, 4) is 11.5 Å². The van der Waals surface area contributed by atoms with Crippen molar-refractivity contribution < 1.29 is 28.3 Å². The molecule has 0 N–H and O–H groups in total. The number of aliphatic imine (C=N–C) groups is 1. The third-order valence-electron chi connectivity index (χ3n) is 5.18. The number of nitro groups is 1. The number of aryl methyl sites for hydroxylation is 1. The van der Waals surface area contributed by atoms with Crippen LogP contribution >= 0.6 is 15.9 Å². The molecular formula is C26H20BrFN2O6. The summed E-state index contributed by atoms with van der Waals surface area (Å²) >= 11 is 3.47. The van der Waals surface area contributed by atoms with Gasteiger partial charge in [-0.2, -0.15) is 0 Å². The van der Waals surface area contributed by atoms with Crippen molar-refractivity contribution in [3.05, 3.63) is 103 Å². The molecule has 1 aliphatic rings. The summed E-state index contributed by atoms with van der Waals surface area (Å²) in [6, 6.07) is 14.0. The molecule has 0 amide bonds. The SMILES string of the molecule is CCOc1cc(/C=C2\N=C(c3ccc(C)c([N+](=O)[O-])c3)OC2=O)cc(Br)c1OCc1cccc(F)c1. The van der Waals surface area contributed by atoms with Crippen LogP contribution in [0, 0.1) is 22.9 Å². The molecule has 184 valence electrons. The number of esters is 1. The number of carbonyl (C=O) groups excluding carboxylic acids is 1. The van der Waals surface area contributed by atoms with E-state index in [0.29, 0.717) is 44.8 Å². The Balaban J connectivity index is 1.63. The summed E-state index contributed by atoms with van der Waals surface area (Å²) in [4.78, 5) is 27.4. The summed E-state index contributed by atoms with van der Waals surface area (Å²) < 4.78 is 30.9. The molecule has 0 atom stereocenters. The zero-order valence-electron chi connectivity index (χ0n) is 19.3. The van der Waals surface area contributed by atoms with Gasteiger partial charge in [-0.3, -0.25) is 10.1 Å². The van der Waals surface area contributed by atoms with Crippen molar-refractivity contribution in [2.24, 2.45) is 4.99 Å². The number of hydrogen-bond acceptors (Lipinski definition) is 7. The highest BCUT2D eigenvalue weighted by Crippen LogP contribution is 2.38. The van der Waals surface area contributed by atoms with Gasteiger partial charge in [0.2, 0.25) is 5.90 Å². The molecule has 0 saturated heterocycles. The predicted octanol–water partition coefficient (Wildman–Crippen LogP) is 6.13. The molecule has 0 spiro atoms. The first-order valence-electron chi connectivity index (χ1n) is 10.9.